The van der Waals surface area contributed by atoms with Gasteiger partial charge in [0.05, 0.1) is 3.57 Å². The van der Waals surface area contributed by atoms with Crippen molar-refractivity contribution >= 4 is 28.7 Å². The molecule has 1 aliphatic heterocycles. The lowest BCUT2D eigenvalue weighted by atomic mass is 10.1. The number of carbonyl (C=O) groups is 1. The molecule has 0 unspecified atom stereocenters. The van der Waals surface area contributed by atoms with Gasteiger partial charge in [-0.15, -0.1) is 0 Å². The van der Waals surface area contributed by atoms with Gasteiger partial charge in [0.1, 0.15) is 12.2 Å². The summed E-state index contributed by atoms with van der Waals surface area (Å²) >= 11 is 2.25. The number of aromatic nitrogens is 1. The van der Waals surface area contributed by atoms with Gasteiger partial charge in [0.25, 0.3) is 0 Å². The number of pyridine rings is 1. The number of carbonyl (C=O) groups excluding carboxylic acids is 1. The summed E-state index contributed by atoms with van der Waals surface area (Å²) in [5, 5.41) is 0. The van der Waals surface area contributed by atoms with Gasteiger partial charge in [0, 0.05) is 19.3 Å². The molecule has 1 aromatic heterocycles. The summed E-state index contributed by atoms with van der Waals surface area (Å²) in [4.78, 5) is 18.0. The number of amides is 1. The van der Waals surface area contributed by atoms with E-state index in [1.165, 1.54) is 5.57 Å². The molecule has 2 heterocycles. The molecule has 0 aliphatic carbocycles. The third kappa shape index (κ3) is 5.37. The largest absolute Gasteiger partial charge is 0.472 e. The van der Waals surface area contributed by atoms with Crippen molar-refractivity contribution in [2.75, 3.05) is 19.7 Å². The van der Waals surface area contributed by atoms with Gasteiger partial charge < -0.3 is 14.4 Å². The van der Waals surface area contributed by atoms with Gasteiger partial charge in [-0.25, -0.2) is 9.78 Å². The second-order valence-electron chi connectivity index (χ2n) is 6.57. The Hall–Kier alpha value is -1.31. The average molecular weight is 430 g/mol. The lowest BCUT2D eigenvalue weighted by Crippen LogP contribution is -2.39. The van der Waals surface area contributed by atoms with Crippen LogP contribution in [0.1, 0.15) is 32.8 Å². The van der Waals surface area contributed by atoms with Gasteiger partial charge in [-0.1, -0.05) is 6.08 Å². The number of halogens is 1. The molecule has 5 nitrogen and oxygen atoms in total. The van der Waals surface area contributed by atoms with E-state index in [9.17, 15) is 4.79 Å². The number of ether oxygens (including phenoxy) is 2. The summed E-state index contributed by atoms with van der Waals surface area (Å²) in [5.74, 6) is 0.668. The molecule has 2 rings (SSSR count). The maximum atomic E-state index is 12.0. The van der Waals surface area contributed by atoms with Crippen LogP contribution < -0.4 is 4.74 Å². The molecule has 0 saturated heterocycles. The molecule has 0 atom stereocenters. The Kier molecular flexibility index (Phi) is 5.89. The molecular formula is C17H23IN2O3. The zero-order chi connectivity index (χ0) is 17.0. The van der Waals surface area contributed by atoms with Crippen LogP contribution in [0, 0.1) is 10.5 Å². The molecule has 0 bridgehead atoms. The molecule has 1 amide bonds. The predicted octanol–water partition coefficient (Wildman–Crippen LogP) is 3.94. The van der Waals surface area contributed by atoms with Crippen LogP contribution in [0.15, 0.2) is 23.9 Å². The van der Waals surface area contributed by atoms with Gasteiger partial charge in [-0.2, -0.15) is 0 Å². The van der Waals surface area contributed by atoms with Gasteiger partial charge in [0.2, 0.25) is 5.88 Å². The average Bonchev–Trinajstić information content (AvgIpc) is 2.47. The van der Waals surface area contributed by atoms with Crippen LogP contribution in [0.4, 0.5) is 4.79 Å². The standard InChI is InChI=1S/C17H23IN2O3/c1-12-5-8-19-15(14(12)18)22-11-13-6-9-20(10-7-13)16(21)23-17(2,3)4/h5-6,8H,7,9-11H2,1-4H3. The normalized spacial score (nSPS) is 15.2. The molecule has 0 radical (unpaired) electrons. The Bertz CT molecular complexity index is 608. The first-order valence-corrected chi connectivity index (χ1v) is 8.74. The molecule has 0 spiro atoms. The Labute approximate surface area is 151 Å². The van der Waals surface area contributed by atoms with E-state index >= 15 is 0 Å². The highest BCUT2D eigenvalue weighted by molar-refractivity contribution is 14.1. The van der Waals surface area contributed by atoms with Crippen molar-refractivity contribution in [2.45, 2.75) is 39.7 Å². The zero-order valence-corrected chi connectivity index (χ0v) is 16.2. The van der Waals surface area contributed by atoms with E-state index in [1.807, 2.05) is 39.8 Å². The van der Waals surface area contributed by atoms with Crippen LogP contribution in [0.5, 0.6) is 5.88 Å². The molecule has 6 heteroatoms. The maximum Gasteiger partial charge on any atom is 0.410 e. The van der Waals surface area contributed by atoms with E-state index in [4.69, 9.17) is 9.47 Å². The van der Waals surface area contributed by atoms with Crippen molar-refractivity contribution < 1.29 is 14.3 Å². The number of hydrogen-bond donors (Lipinski definition) is 0. The minimum Gasteiger partial charge on any atom is -0.472 e. The molecule has 1 aromatic rings. The van der Waals surface area contributed by atoms with Crippen LogP contribution in [0.2, 0.25) is 0 Å². The number of rotatable bonds is 3. The minimum absolute atomic E-state index is 0.261. The fourth-order valence-corrected chi connectivity index (χ4v) is 2.59. The summed E-state index contributed by atoms with van der Waals surface area (Å²) in [6, 6.07) is 1.97. The lowest BCUT2D eigenvalue weighted by Gasteiger charge is -2.29. The molecule has 0 fully saturated rings. The Morgan fingerprint density at radius 2 is 2.17 bits per heavy atom. The molecular weight excluding hydrogens is 407 g/mol. The summed E-state index contributed by atoms with van der Waals surface area (Å²) in [5.41, 5.74) is 1.88. The second kappa shape index (κ2) is 7.51. The highest BCUT2D eigenvalue weighted by atomic mass is 127. The van der Waals surface area contributed by atoms with Gasteiger partial charge in [-0.05, 0) is 73.9 Å². The first-order chi connectivity index (χ1) is 10.8. The van der Waals surface area contributed by atoms with Crippen molar-refractivity contribution in [3.05, 3.63) is 33.0 Å². The summed E-state index contributed by atoms with van der Waals surface area (Å²) in [7, 11) is 0. The van der Waals surface area contributed by atoms with Crippen molar-refractivity contribution in [3.8, 4) is 5.88 Å². The second-order valence-corrected chi connectivity index (χ2v) is 7.65. The number of aryl methyl sites for hydroxylation is 1. The van der Waals surface area contributed by atoms with E-state index in [0.29, 0.717) is 25.6 Å². The Morgan fingerprint density at radius 3 is 2.78 bits per heavy atom. The van der Waals surface area contributed by atoms with E-state index < -0.39 is 5.60 Å². The Balaban J connectivity index is 1.87. The fourth-order valence-electron chi connectivity index (χ4n) is 2.11. The highest BCUT2D eigenvalue weighted by Crippen LogP contribution is 2.22. The van der Waals surface area contributed by atoms with Crippen LogP contribution >= 0.6 is 22.6 Å². The van der Waals surface area contributed by atoms with Crippen LogP contribution in [0.3, 0.4) is 0 Å². The third-order valence-corrected chi connectivity index (χ3v) is 4.71. The fraction of sp³-hybridized carbons (Fsp3) is 0.529. The Morgan fingerprint density at radius 1 is 1.43 bits per heavy atom. The third-order valence-electron chi connectivity index (χ3n) is 3.40. The first kappa shape index (κ1) is 18.0. The van der Waals surface area contributed by atoms with Gasteiger partial charge >= 0.3 is 6.09 Å². The van der Waals surface area contributed by atoms with Crippen LogP contribution in [-0.2, 0) is 4.74 Å². The van der Waals surface area contributed by atoms with Crippen LogP contribution in [0.25, 0.3) is 0 Å². The smallest absolute Gasteiger partial charge is 0.410 e. The zero-order valence-electron chi connectivity index (χ0n) is 14.1. The van der Waals surface area contributed by atoms with Gasteiger partial charge in [0.15, 0.2) is 0 Å². The summed E-state index contributed by atoms with van der Waals surface area (Å²) in [6.45, 7) is 9.39. The quantitative estimate of drug-likeness (QED) is 0.539. The van der Waals surface area contributed by atoms with Crippen molar-refractivity contribution in [1.82, 2.24) is 9.88 Å². The van der Waals surface area contributed by atoms with Gasteiger partial charge in [-0.3, -0.25) is 0 Å². The number of hydrogen-bond acceptors (Lipinski definition) is 4. The number of nitrogens with zero attached hydrogens (tertiary/aromatic N) is 2. The summed E-state index contributed by atoms with van der Waals surface area (Å²) < 4.78 is 12.2. The maximum absolute atomic E-state index is 12.0. The van der Waals surface area contributed by atoms with Crippen molar-refractivity contribution in [3.63, 3.8) is 0 Å². The van der Waals surface area contributed by atoms with Crippen LogP contribution in [-0.4, -0.2) is 41.3 Å². The summed E-state index contributed by atoms with van der Waals surface area (Å²) in [6.07, 6.45) is 4.33. The molecule has 23 heavy (non-hydrogen) atoms. The molecule has 0 N–H and O–H groups in total. The molecule has 1 aliphatic rings. The topological polar surface area (TPSA) is 51.7 Å². The molecule has 126 valence electrons. The van der Waals surface area contributed by atoms with E-state index in [0.717, 1.165) is 15.6 Å². The monoisotopic (exact) mass is 430 g/mol. The minimum atomic E-state index is -0.461. The van der Waals surface area contributed by atoms with Crippen molar-refractivity contribution in [1.29, 1.82) is 0 Å². The lowest BCUT2D eigenvalue weighted by molar-refractivity contribution is 0.0264. The molecule has 0 aromatic carbocycles. The highest BCUT2D eigenvalue weighted by Gasteiger charge is 2.23. The molecule has 0 saturated carbocycles. The van der Waals surface area contributed by atoms with E-state index in [2.05, 4.69) is 27.6 Å². The predicted molar refractivity (Wildman–Crippen MR) is 97.7 cm³/mol. The van der Waals surface area contributed by atoms with Crippen molar-refractivity contribution in [2.24, 2.45) is 0 Å². The SMILES string of the molecule is Cc1ccnc(OCC2=CCN(C(=O)OC(C)(C)C)CC2)c1I. The first-order valence-electron chi connectivity index (χ1n) is 7.66. The van der Waals surface area contributed by atoms with E-state index in [-0.39, 0.29) is 6.09 Å². The van der Waals surface area contributed by atoms with E-state index in [1.54, 1.807) is 11.1 Å².